The quantitative estimate of drug-likeness (QED) is 0.382. The molecule has 0 aliphatic carbocycles. The van der Waals surface area contributed by atoms with Gasteiger partial charge in [-0.15, -0.1) is 0 Å². The number of rotatable bonds is 5. The maximum atomic E-state index is 13.1. The fraction of sp³-hybridized carbons (Fsp3) is 0.103. The number of benzene rings is 3. The lowest BCUT2D eigenvalue weighted by Crippen LogP contribution is -2.22. The van der Waals surface area contributed by atoms with Gasteiger partial charge in [0.2, 0.25) is 0 Å². The first-order valence-electron chi connectivity index (χ1n) is 11.4. The van der Waals surface area contributed by atoms with Crippen molar-refractivity contribution < 1.29 is 14.3 Å². The van der Waals surface area contributed by atoms with Gasteiger partial charge in [-0.1, -0.05) is 48.5 Å². The number of carbonyl (C=O) groups excluding carboxylic acids is 2. The third-order valence-corrected chi connectivity index (χ3v) is 6.58. The summed E-state index contributed by atoms with van der Waals surface area (Å²) in [5.74, 6) is -0.0678. The van der Waals surface area contributed by atoms with Crippen molar-refractivity contribution in [2.75, 3.05) is 0 Å². The fourth-order valence-electron chi connectivity index (χ4n) is 4.91. The van der Waals surface area contributed by atoms with Crippen molar-refractivity contribution in [3.63, 3.8) is 0 Å². The highest BCUT2D eigenvalue weighted by molar-refractivity contribution is 6.50. The molecule has 6 nitrogen and oxygen atoms in total. The van der Waals surface area contributed by atoms with E-state index in [2.05, 4.69) is 5.32 Å². The minimum Gasteiger partial charge on any atom is -0.489 e. The molecule has 5 aromatic rings. The van der Waals surface area contributed by atoms with Crippen LogP contribution in [0.4, 0.5) is 0 Å². The molecule has 2 amide bonds. The average Bonchev–Trinajstić information content (AvgIpc) is 3.48. The maximum absolute atomic E-state index is 13.1. The van der Waals surface area contributed by atoms with Gasteiger partial charge < -0.3 is 13.9 Å². The molecular formula is C29H23N3O3. The Bertz CT molecular complexity index is 1670. The summed E-state index contributed by atoms with van der Waals surface area (Å²) in [6.07, 6.45) is 3.82. The van der Waals surface area contributed by atoms with Crippen LogP contribution in [0.1, 0.15) is 16.7 Å². The Kier molecular flexibility index (Phi) is 4.81. The second-order valence-corrected chi connectivity index (χ2v) is 8.81. The van der Waals surface area contributed by atoms with Crippen molar-refractivity contribution in [1.29, 1.82) is 0 Å². The highest BCUT2D eigenvalue weighted by Gasteiger charge is 2.35. The first-order chi connectivity index (χ1) is 17.0. The molecular weight excluding hydrogens is 438 g/mol. The van der Waals surface area contributed by atoms with Crippen molar-refractivity contribution >= 4 is 44.8 Å². The first-order valence-corrected chi connectivity index (χ1v) is 11.4. The summed E-state index contributed by atoms with van der Waals surface area (Å²) in [4.78, 5) is 26.2. The van der Waals surface area contributed by atoms with Crippen LogP contribution >= 0.6 is 0 Å². The number of aromatic nitrogens is 2. The Labute approximate surface area is 202 Å². The van der Waals surface area contributed by atoms with Gasteiger partial charge in [-0.25, -0.2) is 0 Å². The first kappa shape index (κ1) is 21.0. The van der Waals surface area contributed by atoms with Crippen LogP contribution < -0.4 is 10.1 Å². The molecule has 6 heteroatoms. The van der Waals surface area contributed by atoms with Crippen molar-refractivity contribution in [3.8, 4) is 5.75 Å². The van der Waals surface area contributed by atoms with Crippen LogP contribution in [0.25, 0.3) is 33.0 Å². The van der Waals surface area contributed by atoms with Crippen LogP contribution in [0.3, 0.4) is 0 Å². The fourth-order valence-corrected chi connectivity index (χ4v) is 4.91. The molecule has 1 aliphatic heterocycles. The molecule has 0 unspecified atom stereocenters. The van der Waals surface area contributed by atoms with Gasteiger partial charge in [0.05, 0.1) is 11.1 Å². The predicted octanol–water partition coefficient (Wildman–Crippen LogP) is 4.82. The summed E-state index contributed by atoms with van der Waals surface area (Å²) in [6.45, 7) is 0.442. The summed E-state index contributed by atoms with van der Waals surface area (Å²) in [5.41, 5.74) is 5.25. The van der Waals surface area contributed by atoms with E-state index in [0.717, 1.165) is 32.9 Å². The van der Waals surface area contributed by atoms with Gasteiger partial charge in [-0.3, -0.25) is 14.9 Å². The number of carbonyl (C=O) groups is 2. The van der Waals surface area contributed by atoms with Gasteiger partial charge in [-0.2, -0.15) is 0 Å². The van der Waals surface area contributed by atoms with Crippen LogP contribution in [-0.4, -0.2) is 20.9 Å². The number of ether oxygens (including phenoxy) is 1. The molecule has 3 aromatic carbocycles. The minimum absolute atomic E-state index is 0.380. The molecule has 172 valence electrons. The highest BCUT2D eigenvalue weighted by atomic mass is 16.5. The zero-order valence-corrected chi connectivity index (χ0v) is 19.4. The zero-order chi connectivity index (χ0) is 24.1. The molecule has 35 heavy (non-hydrogen) atoms. The summed E-state index contributed by atoms with van der Waals surface area (Å²) in [5, 5.41) is 4.31. The number of nitrogens with one attached hydrogen (secondary N) is 1. The summed E-state index contributed by atoms with van der Waals surface area (Å²) in [7, 11) is 3.87. The Morgan fingerprint density at radius 3 is 2.03 bits per heavy atom. The number of imide groups is 1. The van der Waals surface area contributed by atoms with Crippen molar-refractivity contribution in [3.05, 3.63) is 102 Å². The van der Waals surface area contributed by atoms with Crippen LogP contribution in [0.2, 0.25) is 0 Å². The van der Waals surface area contributed by atoms with E-state index in [1.54, 1.807) is 0 Å². The van der Waals surface area contributed by atoms with Gasteiger partial charge >= 0.3 is 0 Å². The number of nitrogens with zero attached hydrogens (tertiary/aromatic N) is 2. The van der Waals surface area contributed by atoms with E-state index in [1.165, 1.54) is 0 Å². The topological polar surface area (TPSA) is 65.3 Å². The van der Waals surface area contributed by atoms with Crippen LogP contribution in [0.5, 0.6) is 5.75 Å². The van der Waals surface area contributed by atoms with Gasteiger partial charge in [0.25, 0.3) is 11.8 Å². The molecule has 0 spiro atoms. The highest BCUT2D eigenvalue weighted by Crippen LogP contribution is 2.39. The second kappa shape index (κ2) is 8.02. The lowest BCUT2D eigenvalue weighted by molar-refractivity contribution is -0.122. The van der Waals surface area contributed by atoms with Gasteiger partial charge in [-0.05, 0) is 29.8 Å². The molecule has 3 heterocycles. The van der Waals surface area contributed by atoms with E-state index < -0.39 is 0 Å². The monoisotopic (exact) mass is 461 g/mol. The second-order valence-electron chi connectivity index (χ2n) is 8.81. The number of aryl methyl sites for hydroxylation is 2. The molecule has 0 saturated carbocycles. The van der Waals surface area contributed by atoms with E-state index in [0.29, 0.717) is 29.1 Å². The summed E-state index contributed by atoms with van der Waals surface area (Å²) >= 11 is 0. The van der Waals surface area contributed by atoms with E-state index in [9.17, 15) is 9.59 Å². The van der Waals surface area contributed by atoms with E-state index in [1.807, 2.05) is 108 Å². The Morgan fingerprint density at radius 1 is 0.714 bits per heavy atom. The standard InChI is InChI=1S/C29H23N3O3/c1-31-15-22(20-10-6-7-11-24(20)31)26-27(29(34)30-28(26)33)23-16-32(2)25-13-12-19(14-21(23)25)35-17-18-8-4-3-5-9-18/h3-16H,17H2,1-2H3,(H,30,33,34). The Balaban J connectivity index is 1.51. The van der Waals surface area contributed by atoms with Crippen LogP contribution in [0.15, 0.2) is 85.2 Å². The number of hydrogen-bond donors (Lipinski definition) is 1. The Morgan fingerprint density at radius 2 is 1.31 bits per heavy atom. The van der Waals surface area contributed by atoms with Crippen LogP contribution in [-0.2, 0) is 30.3 Å². The van der Waals surface area contributed by atoms with Crippen LogP contribution in [0, 0.1) is 0 Å². The zero-order valence-electron chi connectivity index (χ0n) is 19.4. The Hall–Kier alpha value is -4.58. The number of amides is 2. The van der Waals surface area contributed by atoms with E-state index >= 15 is 0 Å². The smallest absolute Gasteiger partial charge is 0.259 e. The van der Waals surface area contributed by atoms with Gasteiger partial charge in [0.15, 0.2) is 0 Å². The lowest BCUT2D eigenvalue weighted by Gasteiger charge is -2.08. The lowest BCUT2D eigenvalue weighted by atomic mass is 9.95. The summed E-state index contributed by atoms with van der Waals surface area (Å²) in [6, 6.07) is 23.7. The van der Waals surface area contributed by atoms with Crippen molar-refractivity contribution in [1.82, 2.24) is 14.5 Å². The van der Waals surface area contributed by atoms with Gasteiger partial charge in [0.1, 0.15) is 12.4 Å². The minimum atomic E-state index is -0.388. The van der Waals surface area contributed by atoms with Crippen molar-refractivity contribution in [2.24, 2.45) is 14.1 Å². The molecule has 1 aliphatic rings. The molecule has 0 bridgehead atoms. The van der Waals surface area contributed by atoms with Crippen molar-refractivity contribution in [2.45, 2.75) is 6.61 Å². The molecule has 0 fully saturated rings. The maximum Gasteiger partial charge on any atom is 0.259 e. The normalized spacial score (nSPS) is 13.8. The van der Waals surface area contributed by atoms with E-state index in [-0.39, 0.29) is 11.8 Å². The third-order valence-electron chi connectivity index (χ3n) is 6.58. The number of para-hydroxylation sites is 1. The van der Waals surface area contributed by atoms with E-state index in [4.69, 9.17) is 4.74 Å². The predicted molar refractivity (Wildman–Crippen MR) is 137 cm³/mol. The van der Waals surface area contributed by atoms with Gasteiger partial charge in [0, 0.05) is 59.4 Å². The SMILES string of the molecule is Cn1cc(C2=C(c3cn(C)c4ccc(OCc5ccccc5)cc34)C(=O)NC2=O)c2ccccc21. The largest absolute Gasteiger partial charge is 0.489 e. The molecule has 0 radical (unpaired) electrons. The molecule has 2 aromatic heterocycles. The number of fused-ring (bicyclic) bond motifs is 2. The molecule has 0 saturated heterocycles. The summed E-state index contributed by atoms with van der Waals surface area (Å²) < 4.78 is 10.00. The average molecular weight is 462 g/mol. The third kappa shape index (κ3) is 3.42. The number of hydrogen-bond acceptors (Lipinski definition) is 3. The molecule has 1 N–H and O–H groups in total. The molecule has 0 atom stereocenters. The molecule has 6 rings (SSSR count).